The highest BCUT2D eigenvalue weighted by atomic mass is 16.6. The van der Waals surface area contributed by atoms with Gasteiger partial charge in [0.05, 0.1) is 30.6 Å². The average Bonchev–Trinajstić information content (AvgIpc) is 3.04. The smallest absolute Gasteiger partial charge is 0.308 e. The van der Waals surface area contributed by atoms with Crippen LogP contribution in [0, 0.1) is 16.0 Å². The Morgan fingerprint density at radius 3 is 2.62 bits per heavy atom. The third kappa shape index (κ3) is 3.39. The summed E-state index contributed by atoms with van der Waals surface area (Å²) in [5.74, 6) is -1.85. The van der Waals surface area contributed by atoms with Crippen molar-refractivity contribution in [3.05, 3.63) is 27.8 Å². The van der Waals surface area contributed by atoms with Gasteiger partial charge < -0.3 is 19.5 Å². The van der Waals surface area contributed by atoms with Gasteiger partial charge in [-0.2, -0.15) is 0 Å². The van der Waals surface area contributed by atoms with Gasteiger partial charge in [0, 0.05) is 19.2 Å². The highest BCUT2D eigenvalue weighted by molar-refractivity contribution is 5.99. The summed E-state index contributed by atoms with van der Waals surface area (Å²) in [5, 5.41) is 20.3. The minimum Gasteiger partial charge on any atom is -0.493 e. The number of amides is 1. The van der Waals surface area contributed by atoms with E-state index in [-0.39, 0.29) is 36.8 Å². The third-order valence-corrected chi connectivity index (χ3v) is 3.83. The maximum atomic E-state index is 12.6. The quantitative estimate of drug-likeness (QED) is 0.617. The first kappa shape index (κ1) is 17.5. The predicted molar refractivity (Wildman–Crippen MR) is 82.5 cm³/mol. The number of aliphatic carboxylic acids is 1. The molecular weight excluding hydrogens is 320 g/mol. The number of nitrogens with zero attached hydrogens (tertiary/aromatic N) is 2. The molecule has 1 unspecified atom stereocenters. The molecule has 0 bridgehead atoms. The molecule has 0 spiro atoms. The molecule has 9 nitrogen and oxygen atoms in total. The van der Waals surface area contributed by atoms with Gasteiger partial charge in [-0.15, -0.1) is 0 Å². The molecule has 9 heteroatoms. The van der Waals surface area contributed by atoms with Gasteiger partial charge in [0.1, 0.15) is 5.56 Å². The number of carboxylic acids is 1. The molecule has 130 valence electrons. The number of carbonyl (C=O) groups excluding carboxylic acids is 1. The topological polar surface area (TPSA) is 119 Å². The Morgan fingerprint density at radius 2 is 2.12 bits per heavy atom. The second kappa shape index (κ2) is 7.16. The maximum Gasteiger partial charge on any atom is 0.308 e. The van der Waals surface area contributed by atoms with Crippen molar-refractivity contribution in [2.45, 2.75) is 13.3 Å². The van der Waals surface area contributed by atoms with Gasteiger partial charge in [-0.1, -0.05) is 0 Å². The highest BCUT2D eigenvalue weighted by Crippen LogP contribution is 2.36. The van der Waals surface area contributed by atoms with Gasteiger partial charge in [-0.25, -0.2) is 0 Å². The Balaban J connectivity index is 2.39. The zero-order chi connectivity index (χ0) is 17.9. The van der Waals surface area contributed by atoms with Crippen LogP contribution in [0.1, 0.15) is 23.7 Å². The van der Waals surface area contributed by atoms with Crippen molar-refractivity contribution < 1.29 is 29.1 Å². The number of likely N-dealkylation sites (tertiary alicyclic amines) is 1. The van der Waals surface area contributed by atoms with Crippen LogP contribution in [0.15, 0.2) is 12.1 Å². The fourth-order valence-corrected chi connectivity index (χ4v) is 2.62. The number of nitro benzene ring substituents is 1. The first-order valence-electron chi connectivity index (χ1n) is 7.40. The summed E-state index contributed by atoms with van der Waals surface area (Å²) in [6.45, 7) is 2.27. The average molecular weight is 338 g/mol. The lowest BCUT2D eigenvalue weighted by Crippen LogP contribution is -2.30. The molecule has 1 saturated heterocycles. The number of nitro groups is 1. The van der Waals surface area contributed by atoms with Crippen LogP contribution in [-0.2, 0) is 4.79 Å². The van der Waals surface area contributed by atoms with E-state index < -0.39 is 28.4 Å². The fraction of sp³-hybridized carbons (Fsp3) is 0.467. The van der Waals surface area contributed by atoms with E-state index in [1.807, 2.05) is 0 Å². The summed E-state index contributed by atoms with van der Waals surface area (Å²) in [5.41, 5.74) is -0.547. The Hall–Kier alpha value is -2.84. The van der Waals surface area contributed by atoms with Crippen LogP contribution in [0.4, 0.5) is 5.69 Å². The Bertz CT molecular complexity index is 674. The van der Waals surface area contributed by atoms with Crippen molar-refractivity contribution in [2.75, 3.05) is 26.8 Å². The van der Waals surface area contributed by atoms with E-state index in [0.29, 0.717) is 6.42 Å². The molecule has 0 aromatic heterocycles. The van der Waals surface area contributed by atoms with E-state index in [1.165, 1.54) is 18.1 Å². The largest absolute Gasteiger partial charge is 0.493 e. The minimum absolute atomic E-state index is 0.0286. The van der Waals surface area contributed by atoms with Gasteiger partial charge in [0.15, 0.2) is 11.5 Å². The Morgan fingerprint density at radius 1 is 1.42 bits per heavy atom. The summed E-state index contributed by atoms with van der Waals surface area (Å²) >= 11 is 0. The van der Waals surface area contributed by atoms with Crippen LogP contribution < -0.4 is 9.47 Å². The number of carboxylic acid groups (broad SMARTS) is 1. The number of hydrogen-bond donors (Lipinski definition) is 1. The molecular formula is C15H18N2O7. The zero-order valence-corrected chi connectivity index (χ0v) is 13.4. The number of methoxy groups -OCH3 is 1. The molecule has 1 N–H and O–H groups in total. The van der Waals surface area contributed by atoms with Crippen LogP contribution >= 0.6 is 0 Å². The standard InChI is InChI=1S/C15H18N2O7/c1-3-24-13-7-11(17(21)22)10(6-12(13)23-2)14(18)16-5-4-9(8-16)15(19)20/h6-7,9H,3-5,8H2,1-2H3,(H,19,20). The summed E-state index contributed by atoms with van der Waals surface area (Å²) < 4.78 is 10.4. The maximum absolute atomic E-state index is 12.6. The SMILES string of the molecule is CCOc1cc([N+](=O)[O-])c(C(=O)N2CCC(C(=O)O)C2)cc1OC. The number of benzene rings is 1. The molecule has 1 aliphatic rings. The molecule has 2 rings (SSSR count). The van der Waals surface area contributed by atoms with E-state index in [0.717, 1.165) is 6.07 Å². The van der Waals surface area contributed by atoms with Crippen LogP contribution in [0.3, 0.4) is 0 Å². The first-order valence-corrected chi connectivity index (χ1v) is 7.40. The van der Waals surface area contributed by atoms with Crippen LogP contribution in [0.2, 0.25) is 0 Å². The lowest BCUT2D eigenvalue weighted by atomic mass is 10.1. The summed E-state index contributed by atoms with van der Waals surface area (Å²) in [6, 6.07) is 2.42. The van der Waals surface area contributed by atoms with Gasteiger partial charge in [0.2, 0.25) is 0 Å². The van der Waals surface area contributed by atoms with Crippen LogP contribution in [0.25, 0.3) is 0 Å². The van der Waals surface area contributed by atoms with E-state index in [9.17, 15) is 19.7 Å². The lowest BCUT2D eigenvalue weighted by Gasteiger charge is -2.17. The van der Waals surface area contributed by atoms with E-state index >= 15 is 0 Å². The lowest BCUT2D eigenvalue weighted by molar-refractivity contribution is -0.385. The fourth-order valence-electron chi connectivity index (χ4n) is 2.62. The summed E-state index contributed by atoms with van der Waals surface area (Å²) in [4.78, 5) is 35.6. The van der Waals surface area contributed by atoms with Crippen molar-refractivity contribution in [1.82, 2.24) is 4.90 Å². The summed E-state index contributed by atoms with van der Waals surface area (Å²) in [7, 11) is 1.37. The van der Waals surface area contributed by atoms with Gasteiger partial charge in [-0.3, -0.25) is 19.7 Å². The monoisotopic (exact) mass is 338 g/mol. The predicted octanol–water partition coefficient (Wildman–Crippen LogP) is 1.55. The summed E-state index contributed by atoms with van der Waals surface area (Å²) in [6.07, 6.45) is 0.322. The molecule has 1 fully saturated rings. The molecule has 0 radical (unpaired) electrons. The van der Waals surface area contributed by atoms with Crippen molar-refractivity contribution in [3.63, 3.8) is 0 Å². The number of rotatable bonds is 6. The van der Waals surface area contributed by atoms with E-state index in [1.54, 1.807) is 6.92 Å². The molecule has 1 aromatic carbocycles. The first-order chi connectivity index (χ1) is 11.4. The molecule has 0 saturated carbocycles. The van der Waals surface area contributed by atoms with Crippen molar-refractivity contribution >= 4 is 17.6 Å². The van der Waals surface area contributed by atoms with Gasteiger partial charge in [0.25, 0.3) is 11.6 Å². The Labute approximate surface area is 137 Å². The van der Waals surface area contributed by atoms with Gasteiger partial charge >= 0.3 is 5.97 Å². The normalized spacial score (nSPS) is 16.8. The van der Waals surface area contributed by atoms with E-state index in [2.05, 4.69) is 0 Å². The number of ether oxygens (including phenoxy) is 2. The minimum atomic E-state index is -0.982. The molecule has 1 heterocycles. The van der Waals surface area contributed by atoms with Crippen LogP contribution in [-0.4, -0.2) is 53.6 Å². The second-order valence-electron chi connectivity index (χ2n) is 5.29. The van der Waals surface area contributed by atoms with Crippen molar-refractivity contribution in [1.29, 1.82) is 0 Å². The van der Waals surface area contributed by atoms with Crippen molar-refractivity contribution in [2.24, 2.45) is 5.92 Å². The third-order valence-electron chi connectivity index (χ3n) is 3.83. The Kier molecular flexibility index (Phi) is 5.22. The molecule has 1 atom stereocenters. The molecule has 1 aliphatic heterocycles. The number of hydrogen-bond acceptors (Lipinski definition) is 6. The van der Waals surface area contributed by atoms with Crippen molar-refractivity contribution in [3.8, 4) is 11.5 Å². The van der Waals surface area contributed by atoms with Crippen LogP contribution in [0.5, 0.6) is 11.5 Å². The second-order valence-corrected chi connectivity index (χ2v) is 5.29. The van der Waals surface area contributed by atoms with E-state index in [4.69, 9.17) is 14.6 Å². The molecule has 0 aliphatic carbocycles. The number of carbonyl (C=O) groups is 2. The molecule has 24 heavy (non-hydrogen) atoms. The molecule has 1 aromatic rings. The zero-order valence-electron chi connectivity index (χ0n) is 13.4. The van der Waals surface area contributed by atoms with Gasteiger partial charge in [-0.05, 0) is 13.3 Å². The highest BCUT2D eigenvalue weighted by Gasteiger charge is 2.34. The molecule has 1 amide bonds.